The molecule has 2 unspecified atom stereocenters. The number of aryl methyl sites for hydroxylation is 1. The van der Waals surface area contributed by atoms with Gasteiger partial charge in [0.1, 0.15) is 0 Å². The Morgan fingerprint density at radius 1 is 1.32 bits per heavy atom. The highest BCUT2D eigenvalue weighted by Gasteiger charge is 2.36. The summed E-state index contributed by atoms with van der Waals surface area (Å²) in [4.78, 5) is 4.21. The first-order valence-corrected chi connectivity index (χ1v) is 9.94. The molecule has 0 bridgehead atoms. The van der Waals surface area contributed by atoms with E-state index in [1.54, 1.807) is 0 Å². The van der Waals surface area contributed by atoms with Crippen molar-refractivity contribution in [3.63, 3.8) is 0 Å². The van der Waals surface area contributed by atoms with Crippen LogP contribution < -0.4 is 0 Å². The fourth-order valence-electron chi connectivity index (χ4n) is 3.03. The maximum Gasteiger partial charge on any atom is 0.0946 e. The van der Waals surface area contributed by atoms with Crippen molar-refractivity contribution in [2.24, 2.45) is 0 Å². The minimum atomic E-state index is 0.313. The minimum Gasteiger partial charge on any atom is -0.335 e. The topological polar surface area (TPSA) is 17.8 Å². The van der Waals surface area contributed by atoms with Crippen LogP contribution in [0.2, 0.25) is 0 Å². The second-order valence-corrected chi connectivity index (χ2v) is 9.61. The lowest BCUT2D eigenvalue weighted by Crippen LogP contribution is -2.33. The van der Waals surface area contributed by atoms with Crippen LogP contribution >= 0.6 is 23.5 Å². The maximum atomic E-state index is 4.21. The lowest BCUT2D eigenvalue weighted by Gasteiger charge is -2.39. The molecule has 2 heterocycles. The summed E-state index contributed by atoms with van der Waals surface area (Å²) in [6, 6.07) is 10.9. The lowest BCUT2D eigenvalue weighted by molar-refractivity contribution is 0.562. The van der Waals surface area contributed by atoms with Gasteiger partial charge in [-0.15, -0.1) is 23.5 Å². The Morgan fingerprint density at radius 2 is 2.18 bits per heavy atom. The van der Waals surface area contributed by atoms with Gasteiger partial charge in [0.05, 0.1) is 10.4 Å². The Labute approximate surface area is 142 Å². The van der Waals surface area contributed by atoms with Crippen LogP contribution in [0.4, 0.5) is 0 Å². The zero-order chi connectivity index (χ0) is 15.3. The van der Waals surface area contributed by atoms with Crippen molar-refractivity contribution in [2.45, 2.75) is 48.5 Å². The maximum absolute atomic E-state index is 4.21. The molecule has 0 spiro atoms. The molecule has 1 saturated heterocycles. The molecule has 1 aliphatic heterocycles. The summed E-state index contributed by atoms with van der Waals surface area (Å²) in [6.07, 6.45) is 11.0. The molecule has 2 atom stereocenters. The lowest BCUT2D eigenvalue weighted by atomic mass is 10.1. The summed E-state index contributed by atoms with van der Waals surface area (Å²) in [7, 11) is 0. The molecule has 118 valence electrons. The van der Waals surface area contributed by atoms with E-state index in [1.165, 1.54) is 37.0 Å². The first-order valence-electron chi connectivity index (χ1n) is 8.07. The highest BCUT2D eigenvalue weighted by molar-refractivity contribution is 8.19. The Bertz CT molecular complexity index is 556. The third kappa shape index (κ3) is 4.32. The summed E-state index contributed by atoms with van der Waals surface area (Å²) in [5.41, 5.74) is 1.46. The molecular formula is C18H24N2S2. The van der Waals surface area contributed by atoms with Crippen molar-refractivity contribution >= 4 is 23.5 Å². The van der Waals surface area contributed by atoms with E-state index >= 15 is 0 Å². The van der Waals surface area contributed by atoms with Crippen molar-refractivity contribution in [1.29, 1.82) is 0 Å². The van der Waals surface area contributed by atoms with Crippen LogP contribution in [0.3, 0.4) is 0 Å². The molecule has 1 fully saturated rings. The van der Waals surface area contributed by atoms with Gasteiger partial charge in [-0.1, -0.05) is 37.3 Å². The van der Waals surface area contributed by atoms with Crippen LogP contribution in [-0.2, 0) is 13.0 Å². The van der Waals surface area contributed by atoms with Crippen molar-refractivity contribution in [3.05, 3.63) is 54.6 Å². The number of thioether (sulfide) groups is 2. The summed E-state index contributed by atoms with van der Waals surface area (Å²) < 4.78 is 2.56. The molecule has 3 rings (SSSR count). The van der Waals surface area contributed by atoms with Crippen LogP contribution in [0.1, 0.15) is 31.7 Å². The molecular weight excluding hydrogens is 308 g/mol. The number of rotatable bonds is 6. The monoisotopic (exact) mass is 332 g/mol. The second-order valence-electron chi connectivity index (χ2n) is 6.05. The Balaban J connectivity index is 1.63. The van der Waals surface area contributed by atoms with Gasteiger partial charge in [0.15, 0.2) is 0 Å². The predicted molar refractivity (Wildman–Crippen MR) is 98.5 cm³/mol. The Morgan fingerprint density at radius 3 is 2.91 bits per heavy atom. The van der Waals surface area contributed by atoms with E-state index in [0.717, 1.165) is 11.8 Å². The van der Waals surface area contributed by atoms with Gasteiger partial charge in [0.25, 0.3) is 0 Å². The van der Waals surface area contributed by atoms with E-state index in [0.29, 0.717) is 4.08 Å². The quantitative estimate of drug-likeness (QED) is 0.752. The summed E-state index contributed by atoms with van der Waals surface area (Å²) in [6.45, 7) is 3.45. The molecule has 1 aromatic heterocycles. The SMILES string of the molecule is CC1CCSC(CCCc2ccccc2)(Cn2ccnc2)S1. The Hall–Kier alpha value is -0.870. The third-order valence-electron chi connectivity index (χ3n) is 4.15. The molecule has 0 radical (unpaired) electrons. The summed E-state index contributed by atoms with van der Waals surface area (Å²) in [5.74, 6) is 1.29. The van der Waals surface area contributed by atoms with Crippen LogP contribution in [0.5, 0.6) is 0 Å². The second kappa shape index (κ2) is 7.60. The van der Waals surface area contributed by atoms with E-state index in [-0.39, 0.29) is 0 Å². The molecule has 0 amide bonds. The van der Waals surface area contributed by atoms with Crippen LogP contribution in [0, 0.1) is 0 Å². The molecule has 22 heavy (non-hydrogen) atoms. The van der Waals surface area contributed by atoms with Gasteiger partial charge >= 0.3 is 0 Å². The van der Waals surface area contributed by atoms with E-state index in [9.17, 15) is 0 Å². The van der Waals surface area contributed by atoms with Gasteiger partial charge in [-0.05, 0) is 37.0 Å². The number of hydrogen-bond acceptors (Lipinski definition) is 3. The van der Waals surface area contributed by atoms with Crippen LogP contribution in [0.25, 0.3) is 0 Å². The van der Waals surface area contributed by atoms with Crippen molar-refractivity contribution in [2.75, 3.05) is 5.75 Å². The molecule has 0 saturated carbocycles. The number of benzene rings is 1. The van der Waals surface area contributed by atoms with Gasteiger partial charge < -0.3 is 4.57 Å². The molecule has 1 aliphatic rings. The van der Waals surface area contributed by atoms with Crippen LogP contribution in [0.15, 0.2) is 49.1 Å². The average Bonchev–Trinajstić information content (AvgIpc) is 3.01. The zero-order valence-electron chi connectivity index (χ0n) is 13.1. The Kier molecular flexibility index (Phi) is 5.53. The summed E-state index contributed by atoms with van der Waals surface area (Å²) >= 11 is 4.34. The minimum absolute atomic E-state index is 0.313. The van der Waals surface area contributed by atoms with Gasteiger partial charge in [-0.3, -0.25) is 0 Å². The number of hydrogen-bond donors (Lipinski definition) is 0. The number of imidazole rings is 1. The number of aromatic nitrogens is 2. The van der Waals surface area contributed by atoms with Gasteiger partial charge in [-0.2, -0.15) is 0 Å². The molecule has 4 heteroatoms. The van der Waals surface area contributed by atoms with Gasteiger partial charge in [0, 0.05) is 24.2 Å². The standard InChI is InChI=1S/C18H24N2S2/c1-16-9-13-21-18(22-16,14-20-12-11-19-15-20)10-5-8-17-6-3-2-4-7-17/h2-4,6-7,11-12,15-16H,5,8-10,13-14H2,1H3. The molecule has 2 nitrogen and oxygen atoms in total. The van der Waals surface area contributed by atoms with Gasteiger partial charge in [-0.25, -0.2) is 4.98 Å². The highest BCUT2D eigenvalue weighted by atomic mass is 32.2. The fraction of sp³-hybridized carbons (Fsp3) is 0.500. The zero-order valence-corrected chi connectivity index (χ0v) is 14.8. The van der Waals surface area contributed by atoms with Crippen LogP contribution in [-0.4, -0.2) is 24.6 Å². The molecule has 2 aromatic rings. The third-order valence-corrected chi connectivity index (χ3v) is 7.50. The normalized spacial score (nSPS) is 25.2. The number of nitrogens with zero attached hydrogens (tertiary/aromatic N) is 2. The predicted octanol–water partition coefficient (Wildman–Crippen LogP) is 4.86. The fourth-order valence-corrected chi connectivity index (χ4v) is 7.02. The van der Waals surface area contributed by atoms with Gasteiger partial charge in [0.2, 0.25) is 0 Å². The van der Waals surface area contributed by atoms with Crippen molar-refractivity contribution in [3.8, 4) is 0 Å². The average molecular weight is 333 g/mol. The first kappa shape index (κ1) is 16.0. The summed E-state index contributed by atoms with van der Waals surface area (Å²) in [5, 5.41) is 0.765. The molecule has 0 aliphatic carbocycles. The van der Waals surface area contributed by atoms with E-state index in [2.05, 4.69) is 76.5 Å². The largest absolute Gasteiger partial charge is 0.335 e. The molecule has 1 aromatic carbocycles. The first-order chi connectivity index (χ1) is 10.8. The van der Waals surface area contributed by atoms with E-state index in [1.807, 2.05) is 12.5 Å². The smallest absolute Gasteiger partial charge is 0.0946 e. The van der Waals surface area contributed by atoms with E-state index in [4.69, 9.17) is 0 Å². The highest BCUT2D eigenvalue weighted by Crippen LogP contribution is 2.49. The van der Waals surface area contributed by atoms with Crippen molar-refractivity contribution in [1.82, 2.24) is 9.55 Å². The van der Waals surface area contributed by atoms with Crippen molar-refractivity contribution < 1.29 is 0 Å². The molecule has 0 N–H and O–H groups in total. The van der Waals surface area contributed by atoms with E-state index < -0.39 is 0 Å².